The SMILES string of the molecule is Cc1ccc(OCCOc2ccc(Br)cc2/C=C2\C(=O)NC(=O)N(c3ccc(C)cc3)C2=O)cc1. The first kappa shape index (κ1) is 24.2. The molecule has 35 heavy (non-hydrogen) atoms. The fourth-order valence-electron chi connectivity index (χ4n) is 3.45. The zero-order valence-electron chi connectivity index (χ0n) is 19.2. The monoisotopic (exact) mass is 534 g/mol. The van der Waals surface area contributed by atoms with E-state index in [0.29, 0.717) is 23.6 Å². The van der Waals surface area contributed by atoms with Crippen LogP contribution in [0.1, 0.15) is 16.7 Å². The summed E-state index contributed by atoms with van der Waals surface area (Å²) in [5.74, 6) is -0.275. The van der Waals surface area contributed by atoms with Gasteiger partial charge in [-0.2, -0.15) is 0 Å². The third kappa shape index (κ3) is 5.78. The molecule has 8 heteroatoms. The van der Waals surface area contributed by atoms with Crippen LogP contribution in [0.2, 0.25) is 0 Å². The van der Waals surface area contributed by atoms with Crippen LogP contribution in [0, 0.1) is 13.8 Å². The van der Waals surface area contributed by atoms with Crippen molar-refractivity contribution in [3.8, 4) is 11.5 Å². The molecule has 0 spiro atoms. The summed E-state index contributed by atoms with van der Waals surface area (Å²) in [6.07, 6.45) is 1.42. The first-order chi connectivity index (χ1) is 16.8. The van der Waals surface area contributed by atoms with Crippen LogP contribution in [-0.2, 0) is 9.59 Å². The smallest absolute Gasteiger partial charge is 0.335 e. The molecule has 0 aliphatic carbocycles. The summed E-state index contributed by atoms with van der Waals surface area (Å²) >= 11 is 3.41. The molecule has 0 bridgehead atoms. The predicted molar refractivity (Wildman–Crippen MR) is 136 cm³/mol. The van der Waals surface area contributed by atoms with E-state index in [-0.39, 0.29) is 12.2 Å². The Morgan fingerprint density at radius 1 is 0.857 bits per heavy atom. The van der Waals surface area contributed by atoms with E-state index >= 15 is 0 Å². The van der Waals surface area contributed by atoms with Crippen molar-refractivity contribution in [2.24, 2.45) is 0 Å². The Morgan fingerprint density at radius 3 is 2.17 bits per heavy atom. The van der Waals surface area contributed by atoms with Crippen LogP contribution in [0.4, 0.5) is 10.5 Å². The number of imide groups is 2. The number of ether oxygens (including phenoxy) is 2. The van der Waals surface area contributed by atoms with E-state index in [2.05, 4.69) is 21.2 Å². The van der Waals surface area contributed by atoms with Crippen LogP contribution >= 0.6 is 15.9 Å². The van der Waals surface area contributed by atoms with E-state index in [1.54, 1.807) is 42.5 Å². The van der Waals surface area contributed by atoms with Crippen molar-refractivity contribution in [2.75, 3.05) is 18.1 Å². The van der Waals surface area contributed by atoms with Crippen molar-refractivity contribution < 1.29 is 23.9 Å². The largest absolute Gasteiger partial charge is 0.490 e. The second-order valence-corrected chi connectivity index (χ2v) is 8.90. The summed E-state index contributed by atoms with van der Waals surface area (Å²) in [5.41, 5.74) is 2.82. The second kappa shape index (κ2) is 10.6. The average molecular weight is 535 g/mol. The van der Waals surface area contributed by atoms with Gasteiger partial charge in [0.05, 0.1) is 5.69 Å². The molecule has 3 aromatic carbocycles. The van der Waals surface area contributed by atoms with Crippen molar-refractivity contribution in [3.05, 3.63) is 93.5 Å². The lowest BCUT2D eigenvalue weighted by Gasteiger charge is -2.26. The van der Waals surface area contributed by atoms with E-state index in [4.69, 9.17) is 9.47 Å². The van der Waals surface area contributed by atoms with Gasteiger partial charge in [0.2, 0.25) is 0 Å². The second-order valence-electron chi connectivity index (χ2n) is 7.99. The maximum atomic E-state index is 13.2. The van der Waals surface area contributed by atoms with E-state index in [0.717, 1.165) is 26.2 Å². The highest BCUT2D eigenvalue weighted by Gasteiger charge is 2.37. The van der Waals surface area contributed by atoms with Crippen LogP contribution in [-0.4, -0.2) is 31.1 Å². The number of anilines is 1. The van der Waals surface area contributed by atoms with Gasteiger partial charge < -0.3 is 9.47 Å². The fraction of sp³-hybridized carbons (Fsp3) is 0.148. The third-order valence-corrected chi connectivity index (χ3v) is 5.79. The molecule has 1 aliphatic rings. The number of hydrogen-bond acceptors (Lipinski definition) is 5. The Balaban J connectivity index is 1.54. The zero-order valence-corrected chi connectivity index (χ0v) is 20.8. The van der Waals surface area contributed by atoms with Gasteiger partial charge in [-0.25, -0.2) is 9.69 Å². The number of urea groups is 1. The molecule has 0 aromatic heterocycles. The van der Waals surface area contributed by atoms with Crippen LogP contribution in [0.5, 0.6) is 11.5 Å². The van der Waals surface area contributed by atoms with E-state index in [1.165, 1.54) is 6.08 Å². The fourth-order valence-corrected chi connectivity index (χ4v) is 3.83. The summed E-state index contributed by atoms with van der Waals surface area (Å²) in [7, 11) is 0. The summed E-state index contributed by atoms with van der Waals surface area (Å²) in [6, 6.07) is 19.1. The topological polar surface area (TPSA) is 84.9 Å². The van der Waals surface area contributed by atoms with Gasteiger partial charge in [0.25, 0.3) is 11.8 Å². The molecule has 0 unspecified atom stereocenters. The zero-order chi connectivity index (χ0) is 24.9. The quantitative estimate of drug-likeness (QED) is 0.256. The Bertz CT molecular complexity index is 1300. The molecule has 7 nitrogen and oxygen atoms in total. The van der Waals surface area contributed by atoms with Gasteiger partial charge in [-0.15, -0.1) is 0 Å². The van der Waals surface area contributed by atoms with Gasteiger partial charge in [-0.05, 0) is 62.4 Å². The molecule has 1 heterocycles. The van der Waals surface area contributed by atoms with Crippen molar-refractivity contribution in [3.63, 3.8) is 0 Å². The highest BCUT2D eigenvalue weighted by atomic mass is 79.9. The molecule has 4 amide bonds. The Labute approximate surface area is 211 Å². The molecular formula is C27H23BrN2O5. The number of carbonyl (C=O) groups is 3. The van der Waals surface area contributed by atoms with E-state index in [9.17, 15) is 14.4 Å². The molecule has 1 fully saturated rings. The molecule has 1 aliphatic heterocycles. The Morgan fingerprint density at radius 2 is 1.49 bits per heavy atom. The van der Waals surface area contributed by atoms with Crippen LogP contribution < -0.4 is 19.7 Å². The summed E-state index contributed by atoms with van der Waals surface area (Å²) < 4.78 is 12.3. The van der Waals surface area contributed by atoms with Crippen molar-refractivity contribution >= 4 is 45.5 Å². The molecule has 1 saturated heterocycles. The number of carbonyl (C=O) groups excluding carboxylic acids is 3. The van der Waals surface area contributed by atoms with Gasteiger partial charge in [-0.1, -0.05) is 51.3 Å². The Hall–Kier alpha value is -3.91. The summed E-state index contributed by atoms with van der Waals surface area (Å²) in [6.45, 7) is 4.46. The first-order valence-corrected chi connectivity index (χ1v) is 11.7. The number of barbiturate groups is 1. The minimum absolute atomic E-state index is 0.177. The normalized spacial score (nSPS) is 14.8. The number of halogens is 1. The predicted octanol–water partition coefficient (Wildman–Crippen LogP) is 5.19. The Kier molecular flexibility index (Phi) is 7.31. The van der Waals surface area contributed by atoms with Crippen molar-refractivity contribution in [2.45, 2.75) is 13.8 Å². The summed E-state index contributed by atoms with van der Waals surface area (Å²) in [5, 5.41) is 2.24. The van der Waals surface area contributed by atoms with Gasteiger partial charge in [0, 0.05) is 10.0 Å². The minimum atomic E-state index is -0.792. The molecule has 0 atom stereocenters. The number of nitrogens with zero attached hydrogens (tertiary/aromatic N) is 1. The minimum Gasteiger partial charge on any atom is -0.490 e. The van der Waals surface area contributed by atoms with Crippen LogP contribution in [0.25, 0.3) is 6.08 Å². The standard InChI is InChI=1S/C27H23BrN2O5/c1-17-3-8-21(9-4-17)30-26(32)23(25(31)29-27(30)33)16-19-15-20(28)7-12-24(19)35-14-13-34-22-10-5-18(2)6-11-22/h3-12,15-16H,13-14H2,1-2H3,(H,29,31,33)/b23-16+. The lowest BCUT2D eigenvalue weighted by Crippen LogP contribution is -2.54. The van der Waals surface area contributed by atoms with Gasteiger partial charge in [-0.3, -0.25) is 14.9 Å². The number of rotatable bonds is 7. The highest BCUT2D eigenvalue weighted by molar-refractivity contribution is 9.10. The van der Waals surface area contributed by atoms with Crippen LogP contribution in [0.3, 0.4) is 0 Å². The van der Waals surface area contributed by atoms with Gasteiger partial charge >= 0.3 is 6.03 Å². The third-order valence-electron chi connectivity index (χ3n) is 5.30. The highest BCUT2D eigenvalue weighted by Crippen LogP contribution is 2.28. The van der Waals surface area contributed by atoms with Crippen molar-refractivity contribution in [1.82, 2.24) is 5.32 Å². The molecule has 3 aromatic rings. The number of aryl methyl sites for hydroxylation is 2. The average Bonchev–Trinajstić information content (AvgIpc) is 2.83. The van der Waals surface area contributed by atoms with Crippen molar-refractivity contribution in [1.29, 1.82) is 0 Å². The maximum absolute atomic E-state index is 13.2. The number of amides is 4. The lowest BCUT2D eigenvalue weighted by atomic mass is 10.1. The molecular weight excluding hydrogens is 512 g/mol. The summed E-state index contributed by atoms with van der Waals surface area (Å²) in [4.78, 5) is 39.1. The van der Waals surface area contributed by atoms with Gasteiger partial charge in [0.1, 0.15) is 30.3 Å². The number of nitrogens with one attached hydrogen (secondary N) is 1. The van der Waals surface area contributed by atoms with E-state index < -0.39 is 17.8 Å². The molecule has 178 valence electrons. The number of benzene rings is 3. The molecule has 4 rings (SSSR count). The first-order valence-electron chi connectivity index (χ1n) is 10.9. The molecule has 0 saturated carbocycles. The van der Waals surface area contributed by atoms with Crippen LogP contribution in [0.15, 0.2) is 76.8 Å². The lowest BCUT2D eigenvalue weighted by molar-refractivity contribution is -0.122. The maximum Gasteiger partial charge on any atom is 0.335 e. The molecule has 0 radical (unpaired) electrons. The van der Waals surface area contributed by atoms with Gasteiger partial charge in [0.15, 0.2) is 0 Å². The number of hydrogen-bond donors (Lipinski definition) is 1. The molecule has 1 N–H and O–H groups in total. The van der Waals surface area contributed by atoms with E-state index in [1.807, 2.05) is 38.1 Å².